The molecule has 1 aromatic heterocycles. The molecule has 9 heteroatoms. The van der Waals surface area contributed by atoms with Crippen LogP contribution < -0.4 is 4.74 Å². The molecule has 0 unspecified atom stereocenters. The van der Waals surface area contributed by atoms with Crippen LogP contribution in [0.4, 0.5) is 14.5 Å². The zero-order valence-corrected chi connectivity index (χ0v) is 10.1. The molecular weight excluding hydrogens is 290 g/mol. The van der Waals surface area contributed by atoms with Gasteiger partial charge in [-0.25, -0.2) is 9.18 Å². The molecule has 0 atom stereocenters. The number of nitro groups is 1. The summed E-state index contributed by atoms with van der Waals surface area (Å²) in [7, 11) is 0. The maximum Gasteiger partial charge on any atom is 0.354 e. The highest BCUT2D eigenvalue weighted by Gasteiger charge is 2.22. The first kappa shape index (κ1) is 14.3. The Morgan fingerprint density at radius 1 is 1.29 bits per heavy atom. The van der Waals surface area contributed by atoms with Crippen molar-refractivity contribution in [3.05, 3.63) is 57.8 Å². The lowest BCUT2D eigenvalue weighted by atomic mass is 10.3. The normalized spacial score (nSPS) is 10.2. The lowest BCUT2D eigenvalue weighted by molar-refractivity contribution is -0.386. The van der Waals surface area contributed by atoms with Gasteiger partial charge >= 0.3 is 17.5 Å². The summed E-state index contributed by atoms with van der Waals surface area (Å²) in [5.41, 5.74) is -1.21. The molecule has 0 spiro atoms. The Morgan fingerprint density at radius 2 is 2.00 bits per heavy atom. The van der Waals surface area contributed by atoms with Crippen LogP contribution in [-0.2, 0) is 0 Å². The number of aromatic nitrogens is 1. The third-order valence-electron chi connectivity index (χ3n) is 2.38. The number of nitrogens with zero attached hydrogens (tertiary/aromatic N) is 2. The second-order valence-corrected chi connectivity index (χ2v) is 3.74. The van der Waals surface area contributed by atoms with Crippen LogP contribution in [0.5, 0.6) is 11.6 Å². The van der Waals surface area contributed by atoms with Gasteiger partial charge in [0.05, 0.1) is 4.92 Å². The zero-order chi connectivity index (χ0) is 15.6. The van der Waals surface area contributed by atoms with Crippen molar-refractivity contribution < 1.29 is 28.3 Å². The lowest BCUT2D eigenvalue weighted by Crippen LogP contribution is -2.04. The van der Waals surface area contributed by atoms with Crippen LogP contribution in [0.15, 0.2) is 30.3 Å². The van der Waals surface area contributed by atoms with E-state index in [4.69, 9.17) is 9.84 Å². The van der Waals surface area contributed by atoms with E-state index in [0.717, 1.165) is 30.3 Å². The van der Waals surface area contributed by atoms with Gasteiger partial charge in [0, 0.05) is 6.07 Å². The number of carboxylic acids is 1. The van der Waals surface area contributed by atoms with Crippen molar-refractivity contribution in [3.8, 4) is 11.6 Å². The molecule has 0 radical (unpaired) electrons. The molecule has 2 aromatic rings. The first-order valence-electron chi connectivity index (χ1n) is 5.40. The van der Waals surface area contributed by atoms with Gasteiger partial charge in [0.1, 0.15) is 0 Å². The van der Waals surface area contributed by atoms with E-state index in [1.54, 1.807) is 0 Å². The highest BCUT2D eigenvalue weighted by molar-refractivity contribution is 5.85. The molecule has 108 valence electrons. The topological polar surface area (TPSA) is 103 Å². The SMILES string of the molecule is O=C(O)c1ccc([N+](=O)[O-])c(Oc2cccc(F)c2F)n1. The number of pyridine rings is 1. The van der Waals surface area contributed by atoms with Crippen LogP contribution in [0.3, 0.4) is 0 Å². The van der Waals surface area contributed by atoms with E-state index in [9.17, 15) is 23.7 Å². The Morgan fingerprint density at radius 3 is 2.62 bits per heavy atom. The van der Waals surface area contributed by atoms with Crippen LogP contribution >= 0.6 is 0 Å². The van der Waals surface area contributed by atoms with Gasteiger partial charge in [-0.2, -0.15) is 9.37 Å². The van der Waals surface area contributed by atoms with Gasteiger partial charge in [0.25, 0.3) is 0 Å². The summed E-state index contributed by atoms with van der Waals surface area (Å²) in [6.45, 7) is 0. The minimum atomic E-state index is -1.45. The fourth-order valence-electron chi connectivity index (χ4n) is 1.43. The molecule has 7 nitrogen and oxygen atoms in total. The van der Waals surface area contributed by atoms with Gasteiger partial charge in [-0.1, -0.05) is 6.07 Å². The van der Waals surface area contributed by atoms with E-state index in [2.05, 4.69) is 4.98 Å². The molecule has 0 amide bonds. The lowest BCUT2D eigenvalue weighted by Gasteiger charge is -2.07. The Kier molecular flexibility index (Phi) is 3.74. The predicted octanol–water partition coefficient (Wildman–Crippen LogP) is 2.76. The van der Waals surface area contributed by atoms with Crippen molar-refractivity contribution >= 4 is 11.7 Å². The monoisotopic (exact) mass is 296 g/mol. The third-order valence-corrected chi connectivity index (χ3v) is 2.38. The average Bonchev–Trinajstić information content (AvgIpc) is 2.43. The van der Waals surface area contributed by atoms with Crippen LogP contribution in [0.2, 0.25) is 0 Å². The maximum absolute atomic E-state index is 13.5. The summed E-state index contributed by atoms with van der Waals surface area (Å²) in [6, 6.07) is 4.73. The van der Waals surface area contributed by atoms with Crippen molar-refractivity contribution in [3.63, 3.8) is 0 Å². The van der Waals surface area contributed by atoms with Crippen LogP contribution in [-0.4, -0.2) is 21.0 Å². The maximum atomic E-state index is 13.5. The summed E-state index contributed by atoms with van der Waals surface area (Å²) in [5.74, 6) is -5.43. The second kappa shape index (κ2) is 5.49. The summed E-state index contributed by atoms with van der Waals surface area (Å²) in [4.78, 5) is 24.1. The molecule has 1 N–H and O–H groups in total. The van der Waals surface area contributed by atoms with Crippen molar-refractivity contribution in [2.75, 3.05) is 0 Å². The molecule has 0 saturated carbocycles. The first-order valence-corrected chi connectivity index (χ1v) is 5.40. The molecule has 0 aliphatic carbocycles. The number of rotatable bonds is 4. The number of hydrogen-bond acceptors (Lipinski definition) is 5. The van der Waals surface area contributed by atoms with Gasteiger partial charge in [0.15, 0.2) is 17.3 Å². The highest BCUT2D eigenvalue weighted by atomic mass is 19.2. The van der Waals surface area contributed by atoms with Gasteiger partial charge in [-0.15, -0.1) is 0 Å². The molecule has 1 heterocycles. The zero-order valence-electron chi connectivity index (χ0n) is 10.1. The first-order chi connectivity index (χ1) is 9.90. The Hall–Kier alpha value is -3.10. The van der Waals surface area contributed by atoms with Gasteiger partial charge in [-0.05, 0) is 18.2 Å². The van der Waals surface area contributed by atoms with Crippen molar-refractivity contribution in [2.45, 2.75) is 0 Å². The molecule has 0 bridgehead atoms. The molecule has 0 aliphatic heterocycles. The molecule has 0 saturated heterocycles. The van der Waals surface area contributed by atoms with E-state index in [1.807, 2.05) is 0 Å². The number of carbonyl (C=O) groups is 1. The van der Waals surface area contributed by atoms with E-state index in [-0.39, 0.29) is 0 Å². The quantitative estimate of drug-likeness (QED) is 0.687. The molecule has 21 heavy (non-hydrogen) atoms. The number of hydrogen-bond donors (Lipinski definition) is 1. The Balaban J connectivity index is 2.51. The summed E-state index contributed by atoms with van der Waals surface area (Å²) < 4.78 is 31.4. The van der Waals surface area contributed by atoms with E-state index < -0.39 is 45.5 Å². The minimum absolute atomic E-state index is 0.535. The smallest absolute Gasteiger partial charge is 0.354 e. The molecule has 0 aliphatic rings. The number of benzene rings is 1. The van der Waals surface area contributed by atoms with Crippen molar-refractivity contribution in [2.24, 2.45) is 0 Å². The summed E-state index contributed by atoms with van der Waals surface area (Å²) >= 11 is 0. The number of carboxylic acid groups (broad SMARTS) is 1. The Labute approximate surface area is 115 Å². The molecule has 0 fully saturated rings. The fourth-order valence-corrected chi connectivity index (χ4v) is 1.43. The number of aromatic carboxylic acids is 1. The van der Waals surface area contributed by atoms with Crippen molar-refractivity contribution in [1.29, 1.82) is 0 Å². The van der Waals surface area contributed by atoms with E-state index >= 15 is 0 Å². The summed E-state index contributed by atoms with van der Waals surface area (Å²) in [6.07, 6.45) is 0. The largest absolute Gasteiger partial charge is 0.477 e. The minimum Gasteiger partial charge on any atom is -0.477 e. The standard InChI is InChI=1S/C12H6F2N2O5/c13-6-2-1-3-9(10(6)14)21-11-8(16(19)20)5-4-7(15-11)12(17)18/h1-5H,(H,17,18). The molecular formula is C12H6F2N2O5. The Bertz CT molecular complexity index is 736. The van der Waals surface area contributed by atoms with Crippen LogP contribution in [0.25, 0.3) is 0 Å². The second-order valence-electron chi connectivity index (χ2n) is 3.74. The van der Waals surface area contributed by atoms with Gasteiger partial charge in [-0.3, -0.25) is 10.1 Å². The van der Waals surface area contributed by atoms with E-state index in [1.165, 1.54) is 0 Å². The molecule has 1 aromatic carbocycles. The summed E-state index contributed by atoms with van der Waals surface area (Å²) in [5, 5.41) is 19.6. The fraction of sp³-hybridized carbons (Fsp3) is 0. The predicted molar refractivity (Wildman–Crippen MR) is 64.3 cm³/mol. The molecule has 2 rings (SSSR count). The third kappa shape index (κ3) is 2.91. The average molecular weight is 296 g/mol. The number of halogens is 2. The van der Waals surface area contributed by atoms with Gasteiger partial charge in [0.2, 0.25) is 5.82 Å². The highest BCUT2D eigenvalue weighted by Crippen LogP contribution is 2.31. The van der Waals surface area contributed by atoms with E-state index in [0.29, 0.717) is 0 Å². The van der Waals surface area contributed by atoms with Crippen molar-refractivity contribution in [1.82, 2.24) is 4.98 Å². The van der Waals surface area contributed by atoms with Crippen LogP contribution in [0, 0.1) is 21.7 Å². The van der Waals surface area contributed by atoms with Crippen LogP contribution in [0.1, 0.15) is 10.5 Å². The van der Waals surface area contributed by atoms with Gasteiger partial charge < -0.3 is 9.84 Å². The number of ether oxygens (including phenoxy) is 1.